The molecular weight excluding hydrogens is 398 g/mol. The van der Waals surface area contributed by atoms with Gasteiger partial charge in [0.05, 0.1) is 5.69 Å². The van der Waals surface area contributed by atoms with Crippen molar-refractivity contribution < 1.29 is 14.1 Å². The van der Waals surface area contributed by atoms with E-state index in [1.165, 1.54) is 0 Å². The molecule has 4 heterocycles. The van der Waals surface area contributed by atoms with Crippen LogP contribution in [0.5, 0.6) is 0 Å². The Balaban J connectivity index is 1.27. The molecule has 0 radical (unpaired) electrons. The lowest BCUT2D eigenvalue weighted by atomic mass is 9.83. The summed E-state index contributed by atoms with van der Waals surface area (Å²) in [5.41, 5.74) is 2.00. The van der Waals surface area contributed by atoms with E-state index in [1.54, 1.807) is 17.4 Å². The third-order valence-electron chi connectivity index (χ3n) is 6.73. The van der Waals surface area contributed by atoms with Crippen molar-refractivity contribution in [2.75, 3.05) is 19.6 Å². The number of hydrogen-bond acceptors (Lipinski definition) is 5. The van der Waals surface area contributed by atoms with Crippen LogP contribution in [0.15, 0.2) is 28.1 Å². The summed E-state index contributed by atoms with van der Waals surface area (Å²) < 4.78 is 5.53. The molecule has 2 amide bonds. The van der Waals surface area contributed by atoms with Gasteiger partial charge in [0.25, 0.3) is 5.91 Å². The Kier molecular flexibility index (Phi) is 5.46. The van der Waals surface area contributed by atoms with E-state index in [1.807, 2.05) is 33.4 Å². The molecule has 0 unspecified atom stereocenters. The van der Waals surface area contributed by atoms with Crippen molar-refractivity contribution in [1.29, 1.82) is 0 Å². The van der Waals surface area contributed by atoms with Crippen molar-refractivity contribution in [3.63, 3.8) is 0 Å². The van der Waals surface area contributed by atoms with Crippen molar-refractivity contribution in [2.24, 2.45) is 5.92 Å². The molecule has 158 valence electrons. The zero-order valence-corrected chi connectivity index (χ0v) is 17.9. The Morgan fingerprint density at radius 3 is 2.93 bits per heavy atom. The number of nitrogens with zero attached hydrogens (tertiary/aromatic N) is 3. The van der Waals surface area contributed by atoms with Gasteiger partial charge in [-0.05, 0) is 68.4 Å². The Hall–Kier alpha value is -2.41. The Morgan fingerprint density at radius 1 is 1.17 bits per heavy atom. The molecule has 5 rings (SSSR count). The van der Waals surface area contributed by atoms with E-state index >= 15 is 0 Å². The van der Waals surface area contributed by atoms with Crippen LogP contribution in [0.25, 0.3) is 6.08 Å². The van der Waals surface area contributed by atoms with Crippen molar-refractivity contribution in [3.05, 3.63) is 45.5 Å². The summed E-state index contributed by atoms with van der Waals surface area (Å²) in [4.78, 5) is 31.0. The van der Waals surface area contributed by atoms with Crippen LogP contribution in [0.1, 0.15) is 58.8 Å². The van der Waals surface area contributed by atoms with Crippen LogP contribution < -0.4 is 0 Å². The number of rotatable bonds is 3. The average molecular weight is 426 g/mol. The number of thiophene rings is 1. The minimum atomic E-state index is -0.00211. The number of aromatic nitrogens is 1. The van der Waals surface area contributed by atoms with Crippen molar-refractivity contribution >= 4 is 29.2 Å². The molecule has 0 bridgehead atoms. The summed E-state index contributed by atoms with van der Waals surface area (Å²) in [6.45, 7) is 2.17. The Bertz CT molecular complexity index is 949. The highest BCUT2D eigenvalue weighted by molar-refractivity contribution is 7.10. The molecule has 0 saturated carbocycles. The van der Waals surface area contributed by atoms with E-state index in [0.717, 1.165) is 74.2 Å². The first-order valence-electron chi connectivity index (χ1n) is 11.0. The first-order chi connectivity index (χ1) is 14.7. The second-order valence-corrected chi connectivity index (χ2v) is 9.51. The van der Waals surface area contributed by atoms with Crippen molar-refractivity contribution in [3.8, 4) is 0 Å². The molecule has 2 aromatic rings. The molecule has 30 heavy (non-hydrogen) atoms. The first-order valence-corrected chi connectivity index (χ1v) is 11.9. The lowest BCUT2D eigenvalue weighted by Crippen LogP contribution is -2.56. The van der Waals surface area contributed by atoms with E-state index in [4.69, 9.17) is 4.52 Å². The highest BCUT2D eigenvalue weighted by Gasteiger charge is 2.41. The number of carbonyl (C=O) groups is 2. The van der Waals surface area contributed by atoms with Crippen LogP contribution in [0.2, 0.25) is 0 Å². The van der Waals surface area contributed by atoms with Gasteiger partial charge in [-0.25, -0.2) is 0 Å². The molecule has 2 saturated heterocycles. The van der Waals surface area contributed by atoms with Crippen LogP contribution in [-0.4, -0.2) is 52.4 Å². The van der Waals surface area contributed by atoms with Gasteiger partial charge in [0.2, 0.25) is 11.7 Å². The minimum Gasteiger partial charge on any atom is -0.350 e. The Labute approximate surface area is 180 Å². The first kappa shape index (κ1) is 19.5. The summed E-state index contributed by atoms with van der Waals surface area (Å²) in [5, 5.41) is 6.18. The maximum absolute atomic E-state index is 13.3. The lowest BCUT2D eigenvalue weighted by Gasteiger charge is -2.46. The molecule has 2 aliphatic heterocycles. The molecule has 0 N–H and O–H groups in total. The van der Waals surface area contributed by atoms with Gasteiger partial charge in [-0.2, -0.15) is 0 Å². The lowest BCUT2D eigenvalue weighted by molar-refractivity contribution is -0.129. The number of likely N-dealkylation sites (tertiary alicyclic amines) is 2. The smallest absolute Gasteiger partial charge is 0.293 e. The predicted octanol–water partition coefficient (Wildman–Crippen LogP) is 3.78. The van der Waals surface area contributed by atoms with Gasteiger partial charge in [-0.3, -0.25) is 9.59 Å². The van der Waals surface area contributed by atoms with Gasteiger partial charge in [0, 0.05) is 42.2 Å². The van der Waals surface area contributed by atoms with E-state index in [0.29, 0.717) is 18.2 Å². The largest absolute Gasteiger partial charge is 0.350 e. The van der Waals surface area contributed by atoms with Gasteiger partial charge in [0.15, 0.2) is 0 Å². The van der Waals surface area contributed by atoms with Gasteiger partial charge < -0.3 is 14.3 Å². The third-order valence-corrected chi connectivity index (χ3v) is 7.57. The molecule has 0 spiro atoms. The number of carbonyl (C=O) groups excluding carboxylic acids is 2. The molecular formula is C23H27N3O3S. The number of hydrogen-bond donors (Lipinski definition) is 0. The molecule has 1 aliphatic carbocycles. The number of amides is 2. The summed E-state index contributed by atoms with van der Waals surface area (Å²) in [5.74, 6) is 0.851. The summed E-state index contributed by atoms with van der Waals surface area (Å²) in [7, 11) is 0. The van der Waals surface area contributed by atoms with E-state index in [-0.39, 0.29) is 17.9 Å². The fourth-order valence-electron chi connectivity index (χ4n) is 5.19. The molecule has 6 nitrogen and oxygen atoms in total. The number of fused-ring (bicyclic) bond motifs is 2. The normalized spacial score (nSPS) is 24.0. The second-order valence-electron chi connectivity index (χ2n) is 8.53. The SMILES string of the molecule is O=C(C=Cc1cccs1)N1CC[C@@H]2[C@H](CCCN2C(=O)c2onc3c2CCCC3)C1. The van der Waals surface area contributed by atoms with E-state index in [9.17, 15) is 9.59 Å². The minimum absolute atomic E-state index is 0.00211. The highest BCUT2D eigenvalue weighted by atomic mass is 32.1. The zero-order valence-electron chi connectivity index (χ0n) is 17.1. The van der Waals surface area contributed by atoms with Gasteiger partial charge in [0.1, 0.15) is 0 Å². The van der Waals surface area contributed by atoms with E-state index in [2.05, 4.69) is 5.16 Å². The second kappa shape index (κ2) is 8.38. The number of piperidine rings is 2. The fourth-order valence-corrected chi connectivity index (χ4v) is 5.81. The van der Waals surface area contributed by atoms with Gasteiger partial charge >= 0.3 is 0 Å². The quantitative estimate of drug-likeness (QED) is 0.702. The summed E-state index contributed by atoms with van der Waals surface area (Å²) in [6.07, 6.45) is 10.4. The van der Waals surface area contributed by atoms with Crippen molar-refractivity contribution in [2.45, 2.75) is 51.0 Å². The molecule has 7 heteroatoms. The van der Waals surface area contributed by atoms with Gasteiger partial charge in [-0.15, -0.1) is 11.3 Å². The van der Waals surface area contributed by atoms with Crippen LogP contribution >= 0.6 is 11.3 Å². The third kappa shape index (κ3) is 3.71. The zero-order chi connectivity index (χ0) is 20.5. The van der Waals surface area contributed by atoms with Crippen LogP contribution in [-0.2, 0) is 17.6 Å². The predicted molar refractivity (Wildman–Crippen MR) is 115 cm³/mol. The fraction of sp³-hybridized carbons (Fsp3) is 0.522. The molecule has 2 atom stereocenters. The Morgan fingerprint density at radius 2 is 2.07 bits per heavy atom. The van der Waals surface area contributed by atoms with Crippen LogP contribution in [0, 0.1) is 5.92 Å². The molecule has 0 aromatic carbocycles. The van der Waals surface area contributed by atoms with E-state index < -0.39 is 0 Å². The molecule has 3 aliphatic rings. The van der Waals surface area contributed by atoms with Crippen LogP contribution in [0.3, 0.4) is 0 Å². The maximum Gasteiger partial charge on any atom is 0.293 e. The summed E-state index contributed by atoms with van der Waals surface area (Å²) in [6, 6.07) is 4.17. The monoisotopic (exact) mass is 425 g/mol. The topological polar surface area (TPSA) is 66.7 Å². The molecule has 2 fully saturated rings. The highest BCUT2D eigenvalue weighted by Crippen LogP contribution is 2.33. The van der Waals surface area contributed by atoms with Gasteiger partial charge in [-0.1, -0.05) is 11.2 Å². The maximum atomic E-state index is 13.3. The van der Waals surface area contributed by atoms with Crippen molar-refractivity contribution in [1.82, 2.24) is 15.0 Å². The standard InChI is InChI=1S/C23H27N3O3S/c27-21(10-9-17-6-4-14-30-17)25-13-11-20-16(15-25)5-3-12-26(20)23(28)22-18-7-1-2-8-19(18)24-29-22/h4,6,9-10,14,16,20H,1-3,5,7-8,11-13,15H2/t16-,20-/m1/s1. The molecule has 2 aromatic heterocycles. The number of aryl methyl sites for hydroxylation is 1. The van der Waals surface area contributed by atoms with Crippen LogP contribution in [0.4, 0.5) is 0 Å². The average Bonchev–Trinajstić information content (AvgIpc) is 3.46. The summed E-state index contributed by atoms with van der Waals surface area (Å²) >= 11 is 1.63.